The average molecular weight is 446 g/mol. The molecule has 3 rings (SSSR count). The maximum absolute atomic E-state index is 12.0. The highest BCUT2D eigenvalue weighted by molar-refractivity contribution is 7.71. The predicted octanol–water partition coefficient (Wildman–Crippen LogP) is 4.17. The summed E-state index contributed by atoms with van der Waals surface area (Å²) in [5, 5.41) is 5.40. The molecule has 0 aliphatic rings. The standard InChI is InChI=1S/C21H24ClN5O2S/c1-3-12-26-20(16-8-10-23-11-9-16)24-27(21(26)30)15-25(14-19(28)29-2)13-17-6-4-5-7-18(17)22/h4-11H,3,12-15H2,1-2H3. The number of carbonyl (C=O) groups is 1. The molecule has 0 aliphatic heterocycles. The minimum absolute atomic E-state index is 0.0920. The van der Waals surface area contributed by atoms with Gasteiger partial charge in [0.15, 0.2) is 10.6 Å². The van der Waals surface area contributed by atoms with Crippen molar-refractivity contribution in [1.82, 2.24) is 24.2 Å². The van der Waals surface area contributed by atoms with Gasteiger partial charge in [-0.2, -0.15) is 5.10 Å². The van der Waals surface area contributed by atoms with Crippen molar-refractivity contribution in [2.75, 3.05) is 13.7 Å². The molecule has 0 saturated carbocycles. The van der Waals surface area contributed by atoms with Gasteiger partial charge in [0.2, 0.25) is 0 Å². The van der Waals surface area contributed by atoms with E-state index in [1.165, 1.54) is 7.11 Å². The lowest BCUT2D eigenvalue weighted by molar-refractivity contribution is -0.142. The van der Waals surface area contributed by atoms with Crippen molar-refractivity contribution in [3.63, 3.8) is 0 Å². The number of ether oxygens (including phenoxy) is 1. The highest BCUT2D eigenvalue weighted by Crippen LogP contribution is 2.20. The second kappa shape index (κ2) is 10.5. The van der Waals surface area contributed by atoms with Gasteiger partial charge in [0, 0.05) is 36.1 Å². The van der Waals surface area contributed by atoms with Gasteiger partial charge in [-0.3, -0.25) is 19.2 Å². The van der Waals surface area contributed by atoms with Gasteiger partial charge in [0.1, 0.15) is 0 Å². The second-order valence-electron chi connectivity index (χ2n) is 6.79. The third kappa shape index (κ3) is 5.33. The number of hydrogen-bond acceptors (Lipinski definition) is 6. The van der Waals surface area contributed by atoms with Crippen LogP contribution < -0.4 is 0 Å². The Hall–Kier alpha value is -2.55. The topological polar surface area (TPSA) is 65.2 Å². The van der Waals surface area contributed by atoms with Crippen molar-refractivity contribution in [1.29, 1.82) is 0 Å². The average Bonchev–Trinajstić information content (AvgIpc) is 3.06. The highest BCUT2D eigenvalue weighted by atomic mass is 35.5. The number of benzene rings is 1. The van der Waals surface area contributed by atoms with E-state index < -0.39 is 0 Å². The maximum Gasteiger partial charge on any atom is 0.319 e. The van der Waals surface area contributed by atoms with Gasteiger partial charge in [-0.25, -0.2) is 4.68 Å². The molecule has 0 saturated heterocycles. The first kappa shape index (κ1) is 22.1. The van der Waals surface area contributed by atoms with E-state index in [0.29, 0.717) is 23.0 Å². The molecule has 9 heteroatoms. The van der Waals surface area contributed by atoms with Gasteiger partial charge in [0.25, 0.3) is 0 Å². The number of methoxy groups -OCH3 is 1. The summed E-state index contributed by atoms with van der Waals surface area (Å²) < 4.78 is 9.21. The number of esters is 1. The number of aromatic nitrogens is 4. The van der Waals surface area contributed by atoms with Crippen LogP contribution in [0.5, 0.6) is 0 Å². The molecule has 0 unspecified atom stereocenters. The van der Waals surface area contributed by atoms with Gasteiger partial charge in [0.05, 0.1) is 20.3 Å². The van der Waals surface area contributed by atoms with Crippen molar-refractivity contribution in [3.8, 4) is 11.4 Å². The van der Waals surface area contributed by atoms with Crippen LogP contribution in [-0.2, 0) is 29.3 Å². The molecule has 158 valence electrons. The summed E-state index contributed by atoms with van der Waals surface area (Å²) in [4.78, 5) is 18.0. The normalized spacial score (nSPS) is 11.1. The van der Waals surface area contributed by atoms with Crippen LogP contribution in [0.2, 0.25) is 5.02 Å². The largest absolute Gasteiger partial charge is 0.468 e. The minimum Gasteiger partial charge on any atom is -0.468 e. The number of nitrogens with zero attached hydrogens (tertiary/aromatic N) is 5. The van der Waals surface area contributed by atoms with Gasteiger partial charge in [-0.05, 0) is 42.4 Å². The molecular formula is C21H24ClN5O2S. The Balaban J connectivity index is 1.94. The summed E-state index contributed by atoms with van der Waals surface area (Å²) in [5.74, 6) is 0.441. The van der Waals surface area contributed by atoms with E-state index in [-0.39, 0.29) is 12.5 Å². The summed E-state index contributed by atoms with van der Waals surface area (Å²) in [6.45, 7) is 3.72. The predicted molar refractivity (Wildman–Crippen MR) is 118 cm³/mol. The van der Waals surface area contributed by atoms with E-state index in [4.69, 9.17) is 33.7 Å². The quantitative estimate of drug-likeness (QED) is 0.364. The number of hydrogen-bond donors (Lipinski definition) is 0. The van der Waals surface area contributed by atoms with Crippen molar-refractivity contribution in [2.24, 2.45) is 0 Å². The number of halogens is 1. The first-order valence-corrected chi connectivity index (χ1v) is 10.4. The lowest BCUT2D eigenvalue weighted by Gasteiger charge is -2.21. The maximum atomic E-state index is 12.0. The fourth-order valence-electron chi connectivity index (χ4n) is 3.13. The zero-order valence-corrected chi connectivity index (χ0v) is 18.6. The van der Waals surface area contributed by atoms with E-state index in [9.17, 15) is 4.79 Å². The fraction of sp³-hybridized carbons (Fsp3) is 0.333. The van der Waals surface area contributed by atoms with Gasteiger partial charge >= 0.3 is 5.97 Å². The molecule has 0 atom stereocenters. The molecule has 0 aliphatic carbocycles. The van der Waals surface area contributed by atoms with E-state index in [0.717, 1.165) is 29.9 Å². The Kier molecular flexibility index (Phi) is 7.73. The minimum atomic E-state index is -0.337. The highest BCUT2D eigenvalue weighted by Gasteiger charge is 2.18. The van der Waals surface area contributed by atoms with Crippen LogP contribution in [0.4, 0.5) is 0 Å². The van der Waals surface area contributed by atoms with Crippen LogP contribution in [0.1, 0.15) is 18.9 Å². The molecule has 2 aromatic heterocycles. The summed E-state index contributed by atoms with van der Waals surface area (Å²) in [6, 6.07) is 11.4. The molecule has 1 aromatic carbocycles. The van der Waals surface area contributed by atoms with Crippen molar-refractivity contribution < 1.29 is 9.53 Å². The lowest BCUT2D eigenvalue weighted by atomic mass is 10.2. The fourth-order valence-corrected chi connectivity index (χ4v) is 3.60. The molecule has 30 heavy (non-hydrogen) atoms. The van der Waals surface area contributed by atoms with Crippen LogP contribution in [0.15, 0.2) is 48.8 Å². The molecule has 0 radical (unpaired) electrons. The monoisotopic (exact) mass is 445 g/mol. The third-order valence-corrected chi connectivity index (χ3v) is 5.37. The van der Waals surface area contributed by atoms with Crippen LogP contribution in [0.3, 0.4) is 0 Å². The summed E-state index contributed by atoms with van der Waals surface area (Å²) in [6.07, 6.45) is 4.38. The van der Waals surface area contributed by atoms with Crippen LogP contribution in [0, 0.1) is 4.77 Å². The zero-order valence-electron chi connectivity index (χ0n) is 17.0. The van der Waals surface area contributed by atoms with E-state index >= 15 is 0 Å². The van der Waals surface area contributed by atoms with Gasteiger partial charge in [-0.1, -0.05) is 36.7 Å². The molecule has 2 heterocycles. The molecule has 0 fully saturated rings. The molecule has 0 amide bonds. The zero-order chi connectivity index (χ0) is 21.5. The number of pyridine rings is 1. The molecule has 0 bridgehead atoms. The first-order valence-electron chi connectivity index (χ1n) is 9.64. The van der Waals surface area contributed by atoms with Gasteiger partial charge < -0.3 is 4.74 Å². The Labute approximate surface area is 185 Å². The SMILES string of the molecule is CCCn1c(-c2ccncc2)nn(CN(CC(=O)OC)Cc2ccccc2Cl)c1=S. The molecule has 7 nitrogen and oxygen atoms in total. The summed E-state index contributed by atoms with van der Waals surface area (Å²) in [7, 11) is 1.37. The smallest absolute Gasteiger partial charge is 0.319 e. The summed E-state index contributed by atoms with van der Waals surface area (Å²) in [5.41, 5.74) is 1.85. The summed E-state index contributed by atoms with van der Waals surface area (Å²) >= 11 is 12.0. The van der Waals surface area contributed by atoms with Crippen LogP contribution >= 0.6 is 23.8 Å². The van der Waals surface area contributed by atoms with E-state index in [1.807, 2.05) is 45.9 Å². The Morgan fingerprint density at radius 1 is 1.23 bits per heavy atom. The number of rotatable bonds is 9. The number of carbonyl (C=O) groups excluding carboxylic acids is 1. The first-order chi connectivity index (χ1) is 14.5. The third-order valence-electron chi connectivity index (χ3n) is 4.57. The van der Waals surface area contributed by atoms with Crippen molar-refractivity contribution >= 4 is 29.8 Å². The Morgan fingerprint density at radius 3 is 2.63 bits per heavy atom. The van der Waals surface area contributed by atoms with E-state index in [1.54, 1.807) is 17.1 Å². The van der Waals surface area contributed by atoms with Crippen LogP contribution in [0.25, 0.3) is 11.4 Å². The Morgan fingerprint density at radius 2 is 1.97 bits per heavy atom. The lowest BCUT2D eigenvalue weighted by Crippen LogP contribution is -2.32. The molecule has 3 aromatic rings. The van der Waals surface area contributed by atoms with Gasteiger partial charge in [-0.15, -0.1) is 0 Å². The molecule has 0 spiro atoms. The van der Waals surface area contributed by atoms with Crippen LogP contribution in [-0.4, -0.2) is 43.9 Å². The second-order valence-corrected chi connectivity index (χ2v) is 7.56. The van der Waals surface area contributed by atoms with Crippen molar-refractivity contribution in [2.45, 2.75) is 33.1 Å². The van der Waals surface area contributed by atoms with E-state index in [2.05, 4.69) is 11.9 Å². The van der Waals surface area contributed by atoms with Crippen molar-refractivity contribution in [3.05, 3.63) is 64.1 Å². The Bertz CT molecular complexity index is 1050. The molecule has 0 N–H and O–H groups in total. The molecular weight excluding hydrogens is 422 g/mol.